The summed E-state index contributed by atoms with van der Waals surface area (Å²) in [6, 6.07) is 1.95. The topological polar surface area (TPSA) is 72.2 Å². The van der Waals surface area contributed by atoms with Crippen LogP contribution in [-0.2, 0) is 10.0 Å². The predicted octanol–water partition coefficient (Wildman–Crippen LogP) is 1.82. The molecule has 0 aliphatic heterocycles. The zero-order valence-electron chi connectivity index (χ0n) is 8.71. The Hall–Kier alpha value is -0.730. The zero-order chi connectivity index (χ0) is 13.1. The first-order valence-electron chi connectivity index (χ1n) is 4.71. The molecule has 1 rings (SSSR count). The summed E-state index contributed by atoms with van der Waals surface area (Å²) in [6.07, 6.45) is 0.217. The van der Waals surface area contributed by atoms with Crippen LogP contribution in [0.15, 0.2) is 16.6 Å². The summed E-state index contributed by atoms with van der Waals surface area (Å²) < 4.78 is 51.6. The zero-order valence-corrected chi connectivity index (χ0v) is 11.1. The minimum atomic E-state index is -3.78. The molecule has 0 aliphatic carbocycles. The van der Waals surface area contributed by atoms with Gasteiger partial charge in [0.1, 0.15) is 5.69 Å². The van der Waals surface area contributed by atoms with Crippen LogP contribution in [0.4, 0.5) is 14.5 Å². The van der Waals surface area contributed by atoms with Crippen LogP contribution < -0.4 is 10.5 Å². The maximum Gasteiger partial charge on any atom is 0.232 e. The van der Waals surface area contributed by atoms with E-state index in [9.17, 15) is 17.2 Å². The normalized spacial score (nSPS) is 11.5. The lowest BCUT2D eigenvalue weighted by Crippen LogP contribution is -2.20. The molecule has 8 heteroatoms. The molecule has 0 amide bonds. The molecular formula is C9H11BrF2N2O2S. The maximum absolute atomic E-state index is 13.3. The van der Waals surface area contributed by atoms with E-state index in [2.05, 4.69) is 15.9 Å². The van der Waals surface area contributed by atoms with Crippen molar-refractivity contribution in [2.45, 2.75) is 6.42 Å². The van der Waals surface area contributed by atoms with Crippen molar-refractivity contribution in [2.75, 3.05) is 17.0 Å². The lowest BCUT2D eigenvalue weighted by Gasteiger charge is -2.09. The number of halogens is 3. The molecule has 0 saturated heterocycles. The van der Waals surface area contributed by atoms with Gasteiger partial charge in [-0.25, -0.2) is 17.2 Å². The first kappa shape index (κ1) is 14.3. The molecule has 0 saturated carbocycles. The molecule has 1 aromatic rings. The van der Waals surface area contributed by atoms with Gasteiger partial charge in [-0.05, 0) is 25.1 Å². The molecule has 0 bridgehead atoms. The van der Waals surface area contributed by atoms with Gasteiger partial charge in [-0.1, -0.05) is 15.9 Å². The molecule has 0 radical (unpaired) electrons. The lowest BCUT2D eigenvalue weighted by atomic mass is 10.3. The first-order chi connectivity index (χ1) is 7.85. The molecule has 3 N–H and O–H groups in total. The van der Waals surface area contributed by atoms with E-state index in [1.807, 2.05) is 4.72 Å². The van der Waals surface area contributed by atoms with Gasteiger partial charge in [0.05, 0.1) is 5.75 Å². The first-order valence-corrected chi connectivity index (χ1v) is 7.15. The molecule has 96 valence electrons. The number of hydrogen-bond acceptors (Lipinski definition) is 3. The van der Waals surface area contributed by atoms with Crippen molar-refractivity contribution >= 4 is 31.6 Å². The van der Waals surface area contributed by atoms with Gasteiger partial charge in [0.2, 0.25) is 10.0 Å². The van der Waals surface area contributed by atoms with E-state index >= 15 is 0 Å². The summed E-state index contributed by atoms with van der Waals surface area (Å²) in [5.41, 5.74) is 4.49. The van der Waals surface area contributed by atoms with Crippen molar-refractivity contribution in [3.8, 4) is 0 Å². The van der Waals surface area contributed by atoms with E-state index in [1.54, 1.807) is 0 Å². The molecule has 4 nitrogen and oxygen atoms in total. The second kappa shape index (κ2) is 5.74. The fraction of sp³-hybridized carbons (Fsp3) is 0.333. The second-order valence-corrected chi connectivity index (χ2v) is 6.07. The van der Waals surface area contributed by atoms with Crippen molar-refractivity contribution in [2.24, 2.45) is 5.73 Å². The van der Waals surface area contributed by atoms with E-state index in [0.717, 1.165) is 12.1 Å². The summed E-state index contributed by atoms with van der Waals surface area (Å²) in [5, 5.41) is 0. The summed E-state index contributed by atoms with van der Waals surface area (Å²) >= 11 is 2.89. The van der Waals surface area contributed by atoms with Crippen LogP contribution in [0.5, 0.6) is 0 Å². The van der Waals surface area contributed by atoms with E-state index in [0.29, 0.717) is 0 Å². The van der Waals surface area contributed by atoms with E-state index in [-0.39, 0.29) is 23.2 Å². The van der Waals surface area contributed by atoms with Crippen molar-refractivity contribution in [3.05, 3.63) is 28.2 Å². The molecule has 0 spiro atoms. The highest BCUT2D eigenvalue weighted by molar-refractivity contribution is 9.10. The SMILES string of the molecule is NCCCS(=O)(=O)Nc1c(F)cc(Br)cc1F. The minimum absolute atomic E-state index is 0.187. The molecule has 0 heterocycles. The Kier molecular flexibility index (Phi) is 4.84. The third-order valence-corrected chi connectivity index (χ3v) is 3.68. The Balaban J connectivity index is 2.96. The largest absolute Gasteiger partial charge is 0.330 e. The van der Waals surface area contributed by atoms with Gasteiger partial charge in [-0.15, -0.1) is 0 Å². The van der Waals surface area contributed by atoms with Gasteiger partial charge >= 0.3 is 0 Å². The smallest absolute Gasteiger partial charge is 0.232 e. The van der Waals surface area contributed by atoms with Crippen LogP contribution >= 0.6 is 15.9 Å². The Morgan fingerprint density at radius 2 is 1.82 bits per heavy atom. The Morgan fingerprint density at radius 3 is 2.29 bits per heavy atom. The third kappa shape index (κ3) is 4.21. The van der Waals surface area contributed by atoms with Crippen LogP contribution in [-0.4, -0.2) is 20.7 Å². The monoisotopic (exact) mass is 328 g/mol. The summed E-state index contributed by atoms with van der Waals surface area (Å²) in [7, 11) is -3.78. The fourth-order valence-corrected chi connectivity index (χ4v) is 2.68. The molecule has 0 unspecified atom stereocenters. The number of hydrogen-bond donors (Lipinski definition) is 2. The van der Waals surface area contributed by atoms with E-state index < -0.39 is 27.3 Å². The van der Waals surface area contributed by atoms with Crippen molar-refractivity contribution in [1.29, 1.82) is 0 Å². The molecule has 1 aromatic carbocycles. The molecule has 17 heavy (non-hydrogen) atoms. The summed E-state index contributed by atoms with van der Waals surface area (Å²) in [5.74, 6) is -2.24. The summed E-state index contributed by atoms with van der Waals surface area (Å²) in [6.45, 7) is 0.187. The van der Waals surface area contributed by atoms with Gasteiger partial charge in [0, 0.05) is 4.47 Å². The molecule has 0 aliphatic rings. The molecule has 0 aromatic heterocycles. The number of rotatable bonds is 5. The highest BCUT2D eigenvalue weighted by atomic mass is 79.9. The quantitative estimate of drug-likeness (QED) is 0.865. The number of benzene rings is 1. The fourth-order valence-electron chi connectivity index (χ4n) is 1.12. The maximum atomic E-state index is 13.3. The number of anilines is 1. The van der Waals surface area contributed by atoms with Gasteiger partial charge in [-0.2, -0.15) is 0 Å². The second-order valence-electron chi connectivity index (χ2n) is 3.31. The van der Waals surface area contributed by atoms with Crippen molar-refractivity contribution in [1.82, 2.24) is 0 Å². The average Bonchev–Trinajstić information content (AvgIpc) is 2.21. The average molecular weight is 329 g/mol. The van der Waals surface area contributed by atoms with Gasteiger partial charge in [0.25, 0.3) is 0 Å². The van der Waals surface area contributed by atoms with Crippen LogP contribution in [0.25, 0.3) is 0 Å². The van der Waals surface area contributed by atoms with E-state index in [4.69, 9.17) is 5.73 Å². The Labute approximate surface area is 106 Å². The Morgan fingerprint density at radius 1 is 1.29 bits per heavy atom. The van der Waals surface area contributed by atoms with E-state index in [1.165, 1.54) is 0 Å². The lowest BCUT2D eigenvalue weighted by molar-refractivity contribution is 0.581. The highest BCUT2D eigenvalue weighted by Gasteiger charge is 2.17. The van der Waals surface area contributed by atoms with Crippen LogP contribution in [0.3, 0.4) is 0 Å². The van der Waals surface area contributed by atoms with Gasteiger partial charge < -0.3 is 5.73 Å². The van der Waals surface area contributed by atoms with Crippen molar-refractivity contribution in [3.63, 3.8) is 0 Å². The third-order valence-electron chi connectivity index (χ3n) is 1.88. The predicted molar refractivity (Wildman–Crippen MR) is 65.1 cm³/mol. The van der Waals surface area contributed by atoms with Gasteiger partial charge in [0.15, 0.2) is 11.6 Å². The molecular weight excluding hydrogens is 318 g/mol. The Bertz CT molecular complexity index is 485. The number of nitrogens with one attached hydrogen (secondary N) is 1. The minimum Gasteiger partial charge on any atom is -0.330 e. The van der Waals surface area contributed by atoms with Crippen LogP contribution in [0.2, 0.25) is 0 Å². The molecule has 0 fully saturated rings. The standard InChI is InChI=1S/C9H11BrF2N2O2S/c10-6-4-7(11)9(8(12)5-6)14-17(15,16)3-1-2-13/h4-5,14H,1-3,13H2. The van der Waals surface area contributed by atoms with Crippen molar-refractivity contribution < 1.29 is 17.2 Å². The summed E-state index contributed by atoms with van der Waals surface area (Å²) in [4.78, 5) is 0. The van der Waals surface area contributed by atoms with Crippen LogP contribution in [0, 0.1) is 11.6 Å². The molecule has 0 atom stereocenters. The highest BCUT2D eigenvalue weighted by Crippen LogP contribution is 2.24. The number of sulfonamides is 1. The van der Waals surface area contributed by atoms with Crippen LogP contribution in [0.1, 0.15) is 6.42 Å². The number of nitrogens with two attached hydrogens (primary N) is 1. The van der Waals surface area contributed by atoms with Gasteiger partial charge in [-0.3, -0.25) is 4.72 Å².